The maximum absolute atomic E-state index is 11.8. The molecule has 0 radical (unpaired) electrons. The quantitative estimate of drug-likeness (QED) is 0.794. The number of rotatable bonds is 6. The number of hydrogen-bond acceptors (Lipinski definition) is 2. The highest BCUT2D eigenvalue weighted by Gasteiger charge is 2.06. The molecule has 106 valence electrons. The number of unbranched alkanes of at least 4 members (excludes halogenated alkanes) is 1. The molecule has 0 aliphatic heterocycles. The van der Waals surface area contributed by atoms with Crippen LogP contribution in [-0.4, -0.2) is 22.4 Å². The molecule has 0 saturated carbocycles. The Balaban J connectivity index is 1.98. The van der Waals surface area contributed by atoms with Crippen molar-refractivity contribution in [2.75, 3.05) is 11.9 Å². The van der Waals surface area contributed by atoms with Gasteiger partial charge < -0.3 is 10.6 Å². The third-order valence-electron chi connectivity index (χ3n) is 2.97. The molecule has 0 saturated heterocycles. The first-order valence-electron chi connectivity index (χ1n) is 6.89. The molecule has 0 bridgehead atoms. The second kappa shape index (κ2) is 7.33. The standard InChI is InChI=1S/C15H20N4O/c1-2-3-9-16-15(20)18-14-8-5-4-7-13(14)12-19-11-6-10-17-19/h4-8,10-11H,2-3,9,12H2,1H3,(H2,16,18,20). The maximum Gasteiger partial charge on any atom is 0.319 e. The Morgan fingerprint density at radius 2 is 2.15 bits per heavy atom. The van der Waals surface area contributed by atoms with Crippen molar-refractivity contribution in [1.29, 1.82) is 0 Å². The number of carbonyl (C=O) groups is 1. The molecule has 2 amide bonds. The number of anilines is 1. The average Bonchev–Trinajstić information content (AvgIpc) is 2.94. The van der Waals surface area contributed by atoms with Gasteiger partial charge in [-0.2, -0.15) is 5.10 Å². The van der Waals surface area contributed by atoms with E-state index in [4.69, 9.17) is 0 Å². The molecule has 2 aromatic rings. The van der Waals surface area contributed by atoms with Crippen LogP contribution in [0.25, 0.3) is 0 Å². The van der Waals surface area contributed by atoms with Gasteiger partial charge in [0.25, 0.3) is 0 Å². The van der Waals surface area contributed by atoms with E-state index in [1.54, 1.807) is 6.20 Å². The van der Waals surface area contributed by atoms with E-state index in [2.05, 4.69) is 22.7 Å². The third-order valence-corrected chi connectivity index (χ3v) is 2.97. The smallest absolute Gasteiger partial charge is 0.319 e. The predicted molar refractivity (Wildman–Crippen MR) is 79.7 cm³/mol. The molecular weight excluding hydrogens is 252 g/mol. The molecule has 1 aromatic heterocycles. The number of para-hydroxylation sites is 1. The summed E-state index contributed by atoms with van der Waals surface area (Å²) in [5.74, 6) is 0. The Morgan fingerprint density at radius 1 is 1.30 bits per heavy atom. The lowest BCUT2D eigenvalue weighted by Crippen LogP contribution is -2.29. The van der Waals surface area contributed by atoms with Gasteiger partial charge in [0.05, 0.1) is 6.54 Å². The molecular formula is C15H20N4O. The van der Waals surface area contributed by atoms with Crippen molar-refractivity contribution >= 4 is 11.7 Å². The fraction of sp³-hybridized carbons (Fsp3) is 0.333. The summed E-state index contributed by atoms with van der Waals surface area (Å²) in [5.41, 5.74) is 1.85. The summed E-state index contributed by atoms with van der Waals surface area (Å²) < 4.78 is 1.83. The van der Waals surface area contributed by atoms with Crippen molar-refractivity contribution in [2.45, 2.75) is 26.3 Å². The summed E-state index contributed by atoms with van der Waals surface area (Å²) in [6.45, 7) is 3.43. The first-order valence-corrected chi connectivity index (χ1v) is 6.89. The average molecular weight is 272 g/mol. The number of nitrogens with zero attached hydrogens (tertiary/aromatic N) is 2. The molecule has 2 rings (SSSR count). The van der Waals surface area contributed by atoms with Crippen LogP contribution < -0.4 is 10.6 Å². The topological polar surface area (TPSA) is 59.0 Å². The number of nitrogens with one attached hydrogen (secondary N) is 2. The Kier molecular flexibility index (Phi) is 5.17. The van der Waals surface area contributed by atoms with Gasteiger partial charge >= 0.3 is 6.03 Å². The van der Waals surface area contributed by atoms with E-state index in [0.717, 1.165) is 24.1 Å². The van der Waals surface area contributed by atoms with E-state index in [0.29, 0.717) is 13.1 Å². The van der Waals surface area contributed by atoms with Crippen LogP contribution in [0, 0.1) is 0 Å². The van der Waals surface area contributed by atoms with Gasteiger partial charge in [-0.25, -0.2) is 4.79 Å². The second-order valence-corrected chi connectivity index (χ2v) is 4.60. The van der Waals surface area contributed by atoms with Crippen molar-refractivity contribution in [3.63, 3.8) is 0 Å². The van der Waals surface area contributed by atoms with Gasteiger partial charge in [0.15, 0.2) is 0 Å². The molecule has 0 atom stereocenters. The molecule has 0 aliphatic carbocycles. The summed E-state index contributed by atoms with van der Waals surface area (Å²) >= 11 is 0. The first-order chi connectivity index (χ1) is 9.79. The number of hydrogen-bond donors (Lipinski definition) is 2. The van der Waals surface area contributed by atoms with E-state index >= 15 is 0 Å². The Hall–Kier alpha value is -2.30. The minimum Gasteiger partial charge on any atom is -0.338 e. The van der Waals surface area contributed by atoms with Gasteiger partial charge in [-0.05, 0) is 24.1 Å². The van der Waals surface area contributed by atoms with Crippen LogP contribution in [0.2, 0.25) is 0 Å². The highest BCUT2D eigenvalue weighted by molar-refractivity contribution is 5.90. The van der Waals surface area contributed by atoms with Crippen LogP contribution >= 0.6 is 0 Å². The maximum atomic E-state index is 11.8. The van der Waals surface area contributed by atoms with Crippen molar-refractivity contribution in [3.8, 4) is 0 Å². The molecule has 20 heavy (non-hydrogen) atoms. The normalized spacial score (nSPS) is 10.2. The van der Waals surface area contributed by atoms with Gasteiger partial charge in [0, 0.05) is 24.6 Å². The van der Waals surface area contributed by atoms with Crippen LogP contribution in [0.3, 0.4) is 0 Å². The van der Waals surface area contributed by atoms with Crippen LogP contribution in [0.15, 0.2) is 42.7 Å². The molecule has 0 aliphatic rings. The lowest BCUT2D eigenvalue weighted by atomic mass is 10.2. The fourth-order valence-electron chi connectivity index (χ4n) is 1.89. The summed E-state index contributed by atoms with van der Waals surface area (Å²) in [5, 5.41) is 9.92. The largest absolute Gasteiger partial charge is 0.338 e. The SMILES string of the molecule is CCCCNC(=O)Nc1ccccc1Cn1cccn1. The molecule has 0 unspecified atom stereocenters. The Labute approximate surface area is 119 Å². The molecule has 5 heteroatoms. The van der Waals surface area contributed by atoms with Crippen LogP contribution in [0.1, 0.15) is 25.3 Å². The van der Waals surface area contributed by atoms with E-state index in [-0.39, 0.29) is 6.03 Å². The van der Waals surface area contributed by atoms with Gasteiger partial charge in [0.2, 0.25) is 0 Å². The summed E-state index contributed by atoms with van der Waals surface area (Å²) in [7, 11) is 0. The van der Waals surface area contributed by atoms with Crippen LogP contribution in [0.4, 0.5) is 10.5 Å². The molecule has 0 spiro atoms. The number of urea groups is 1. The second-order valence-electron chi connectivity index (χ2n) is 4.60. The molecule has 1 aromatic carbocycles. The van der Waals surface area contributed by atoms with Crippen molar-refractivity contribution < 1.29 is 4.79 Å². The zero-order valence-corrected chi connectivity index (χ0v) is 11.7. The minimum absolute atomic E-state index is 0.161. The molecule has 1 heterocycles. The zero-order chi connectivity index (χ0) is 14.2. The monoisotopic (exact) mass is 272 g/mol. The lowest BCUT2D eigenvalue weighted by molar-refractivity contribution is 0.252. The van der Waals surface area contributed by atoms with Crippen molar-refractivity contribution in [3.05, 3.63) is 48.3 Å². The summed E-state index contributed by atoms with van der Waals surface area (Å²) in [6, 6.07) is 9.48. The number of aromatic nitrogens is 2. The first kappa shape index (κ1) is 14.1. The number of carbonyl (C=O) groups excluding carboxylic acids is 1. The van der Waals surface area contributed by atoms with Crippen LogP contribution in [-0.2, 0) is 6.54 Å². The van der Waals surface area contributed by atoms with Gasteiger partial charge in [-0.15, -0.1) is 0 Å². The van der Waals surface area contributed by atoms with E-state index in [1.165, 1.54) is 0 Å². The molecule has 5 nitrogen and oxygen atoms in total. The number of benzene rings is 1. The zero-order valence-electron chi connectivity index (χ0n) is 11.7. The van der Waals surface area contributed by atoms with E-state index < -0.39 is 0 Å². The number of amides is 2. The summed E-state index contributed by atoms with van der Waals surface area (Å²) in [6.07, 6.45) is 5.70. The predicted octanol–water partition coefficient (Wildman–Crippen LogP) is 2.85. The van der Waals surface area contributed by atoms with Crippen LogP contribution in [0.5, 0.6) is 0 Å². The molecule has 2 N–H and O–H groups in total. The van der Waals surface area contributed by atoms with E-state index in [9.17, 15) is 4.79 Å². The van der Waals surface area contributed by atoms with Gasteiger partial charge in [-0.3, -0.25) is 4.68 Å². The Morgan fingerprint density at radius 3 is 2.90 bits per heavy atom. The highest BCUT2D eigenvalue weighted by atomic mass is 16.2. The third kappa shape index (κ3) is 4.12. The van der Waals surface area contributed by atoms with Gasteiger partial charge in [0.1, 0.15) is 0 Å². The Bertz CT molecular complexity index is 537. The van der Waals surface area contributed by atoms with Crippen molar-refractivity contribution in [1.82, 2.24) is 15.1 Å². The highest BCUT2D eigenvalue weighted by Crippen LogP contribution is 2.15. The molecule has 0 fully saturated rings. The lowest BCUT2D eigenvalue weighted by Gasteiger charge is -2.12. The van der Waals surface area contributed by atoms with Gasteiger partial charge in [-0.1, -0.05) is 31.5 Å². The van der Waals surface area contributed by atoms with E-state index in [1.807, 2.05) is 41.2 Å². The fourth-order valence-corrected chi connectivity index (χ4v) is 1.89. The summed E-state index contributed by atoms with van der Waals surface area (Å²) in [4.78, 5) is 11.8. The van der Waals surface area contributed by atoms with Crippen molar-refractivity contribution in [2.24, 2.45) is 0 Å². The minimum atomic E-state index is -0.161.